The van der Waals surface area contributed by atoms with Crippen molar-refractivity contribution < 1.29 is 5.11 Å². The number of fused-ring (bicyclic) bond motifs is 1. The van der Waals surface area contributed by atoms with Gasteiger partial charge in [0, 0.05) is 56.0 Å². The molecule has 3 heterocycles. The number of hydrogen-bond acceptors (Lipinski definition) is 5. The maximum absolute atomic E-state index is 10.2. The number of pyridine rings is 1. The van der Waals surface area contributed by atoms with Crippen molar-refractivity contribution in [3.05, 3.63) is 72.1 Å². The Kier molecular flexibility index (Phi) is 5.92. The van der Waals surface area contributed by atoms with Crippen LogP contribution in [0.4, 0.5) is 17.1 Å². The van der Waals surface area contributed by atoms with Gasteiger partial charge in [0.25, 0.3) is 0 Å². The van der Waals surface area contributed by atoms with Gasteiger partial charge < -0.3 is 15.3 Å². The average Bonchev–Trinajstić information content (AvgIpc) is 3.33. The number of hydrogen-bond donors (Lipinski definition) is 2. The van der Waals surface area contributed by atoms with E-state index < -0.39 is 0 Å². The number of rotatable bonds is 5. The van der Waals surface area contributed by atoms with Crippen molar-refractivity contribution in [2.24, 2.45) is 0 Å². The van der Waals surface area contributed by atoms with E-state index in [0.717, 1.165) is 65.6 Å². The summed E-state index contributed by atoms with van der Waals surface area (Å²) in [6.45, 7) is 12.8. The first-order chi connectivity index (χ1) is 16.4. The molecule has 1 fully saturated rings. The van der Waals surface area contributed by atoms with Gasteiger partial charge in [-0.15, -0.1) is 0 Å². The molecule has 0 radical (unpaired) electrons. The first kappa shape index (κ1) is 22.3. The average molecular weight is 456 g/mol. The molecule has 0 unspecified atom stereocenters. The van der Waals surface area contributed by atoms with Gasteiger partial charge in [0.15, 0.2) is 5.65 Å². The molecular formula is C28H33N5O. The lowest BCUT2D eigenvalue weighted by Gasteiger charge is -2.38. The number of phenolic OH excluding ortho intramolecular Hbond substituents is 1. The largest absolute Gasteiger partial charge is 0.507 e. The van der Waals surface area contributed by atoms with Crippen LogP contribution < -0.4 is 10.2 Å². The zero-order chi connectivity index (χ0) is 23.8. The lowest BCUT2D eigenvalue weighted by Crippen LogP contribution is -2.48. The molecule has 176 valence electrons. The highest BCUT2D eigenvalue weighted by atomic mass is 16.3. The van der Waals surface area contributed by atoms with Gasteiger partial charge in [0.1, 0.15) is 5.75 Å². The van der Waals surface area contributed by atoms with Crippen LogP contribution in [0.3, 0.4) is 0 Å². The first-order valence-corrected chi connectivity index (χ1v) is 12.0. The summed E-state index contributed by atoms with van der Waals surface area (Å²) < 4.78 is 2.09. The second kappa shape index (κ2) is 9.03. The van der Waals surface area contributed by atoms with E-state index in [1.807, 2.05) is 38.4 Å². The standard InChI is InChI=1S/C28H33N5O/c1-19(2)31-13-15-32(16-14-31)24-7-5-23(6-8-24)30-25-9-10-26(33-12-11-29-28(25)33)22-17-20(3)27(34)21(4)18-22/h5-12,17-19,30,34H,13-16H2,1-4H3. The van der Waals surface area contributed by atoms with Gasteiger partial charge in [-0.25, -0.2) is 4.98 Å². The molecule has 0 aliphatic carbocycles. The van der Waals surface area contributed by atoms with E-state index in [1.165, 1.54) is 5.69 Å². The molecule has 0 saturated carbocycles. The highest BCUT2D eigenvalue weighted by Gasteiger charge is 2.19. The Bertz CT molecular complexity index is 1280. The van der Waals surface area contributed by atoms with Crippen LogP contribution in [-0.2, 0) is 0 Å². The van der Waals surface area contributed by atoms with Gasteiger partial charge in [-0.1, -0.05) is 0 Å². The van der Waals surface area contributed by atoms with Gasteiger partial charge in [-0.05, 0) is 92.9 Å². The molecule has 1 aliphatic heterocycles. The minimum Gasteiger partial charge on any atom is -0.507 e. The second-order valence-corrected chi connectivity index (χ2v) is 9.50. The fraction of sp³-hybridized carbons (Fsp3) is 0.321. The minimum atomic E-state index is 0.356. The van der Waals surface area contributed by atoms with E-state index in [1.54, 1.807) is 0 Å². The maximum atomic E-state index is 10.2. The van der Waals surface area contributed by atoms with Crippen molar-refractivity contribution in [3.63, 3.8) is 0 Å². The summed E-state index contributed by atoms with van der Waals surface area (Å²) in [6.07, 6.45) is 3.80. The van der Waals surface area contributed by atoms with Crippen molar-refractivity contribution in [1.29, 1.82) is 0 Å². The molecule has 1 aliphatic rings. The maximum Gasteiger partial charge on any atom is 0.161 e. The van der Waals surface area contributed by atoms with Crippen molar-refractivity contribution in [3.8, 4) is 17.0 Å². The van der Waals surface area contributed by atoms with Crippen LogP contribution in [-0.4, -0.2) is 51.6 Å². The number of aromatic hydroxyl groups is 1. The number of phenols is 1. The normalized spacial score (nSPS) is 14.8. The van der Waals surface area contributed by atoms with Crippen LogP contribution in [0.5, 0.6) is 5.75 Å². The Morgan fingerprint density at radius 2 is 1.59 bits per heavy atom. The van der Waals surface area contributed by atoms with Gasteiger partial charge >= 0.3 is 0 Å². The Morgan fingerprint density at radius 1 is 0.912 bits per heavy atom. The molecule has 2 N–H and O–H groups in total. The van der Waals surface area contributed by atoms with Crippen molar-refractivity contribution in [2.75, 3.05) is 36.4 Å². The summed E-state index contributed by atoms with van der Waals surface area (Å²) in [7, 11) is 0. The first-order valence-electron chi connectivity index (χ1n) is 12.0. The molecule has 5 rings (SSSR count). The fourth-order valence-corrected chi connectivity index (χ4v) is 4.86. The quantitative estimate of drug-likeness (QED) is 0.410. The summed E-state index contributed by atoms with van der Waals surface area (Å²) >= 11 is 0. The summed E-state index contributed by atoms with van der Waals surface area (Å²) in [5, 5.41) is 13.7. The third-order valence-corrected chi connectivity index (χ3v) is 6.89. The van der Waals surface area contributed by atoms with E-state index in [2.05, 4.69) is 74.7 Å². The van der Waals surface area contributed by atoms with E-state index >= 15 is 0 Å². The van der Waals surface area contributed by atoms with Crippen LogP contribution in [0.15, 0.2) is 60.9 Å². The van der Waals surface area contributed by atoms with Crippen LogP contribution in [0.1, 0.15) is 25.0 Å². The molecule has 4 aromatic rings. The minimum absolute atomic E-state index is 0.356. The molecular weight excluding hydrogens is 422 g/mol. The fourth-order valence-electron chi connectivity index (χ4n) is 4.86. The Morgan fingerprint density at radius 3 is 2.24 bits per heavy atom. The van der Waals surface area contributed by atoms with Gasteiger partial charge in [-0.2, -0.15) is 0 Å². The third-order valence-electron chi connectivity index (χ3n) is 6.89. The lowest BCUT2D eigenvalue weighted by molar-refractivity contribution is 0.209. The second-order valence-electron chi connectivity index (χ2n) is 9.50. The molecule has 0 atom stereocenters. The van der Waals surface area contributed by atoms with Gasteiger partial charge in [0.05, 0.1) is 11.4 Å². The topological polar surface area (TPSA) is 56.0 Å². The zero-order valence-corrected chi connectivity index (χ0v) is 20.4. The van der Waals surface area contributed by atoms with Crippen molar-refractivity contribution in [2.45, 2.75) is 33.7 Å². The number of imidazole rings is 1. The Labute approximate surface area is 201 Å². The van der Waals surface area contributed by atoms with Crippen LogP contribution in [0.25, 0.3) is 16.9 Å². The number of benzene rings is 2. The summed E-state index contributed by atoms with van der Waals surface area (Å²) in [6, 6.07) is 17.5. The van der Waals surface area contributed by atoms with Crippen LogP contribution in [0.2, 0.25) is 0 Å². The molecule has 0 spiro atoms. The predicted molar refractivity (Wildman–Crippen MR) is 140 cm³/mol. The molecule has 6 nitrogen and oxygen atoms in total. The molecule has 0 bridgehead atoms. The smallest absolute Gasteiger partial charge is 0.161 e. The number of piperazine rings is 1. The molecule has 0 amide bonds. The van der Waals surface area contributed by atoms with E-state index in [-0.39, 0.29) is 0 Å². The van der Waals surface area contributed by atoms with Gasteiger partial charge in [-0.3, -0.25) is 9.30 Å². The number of aryl methyl sites for hydroxylation is 2. The summed E-state index contributed by atoms with van der Waals surface area (Å²) in [5.74, 6) is 0.356. The highest BCUT2D eigenvalue weighted by Crippen LogP contribution is 2.32. The monoisotopic (exact) mass is 455 g/mol. The number of aromatic nitrogens is 2. The van der Waals surface area contributed by atoms with Gasteiger partial charge in [0.2, 0.25) is 0 Å². The van der Waals surface area contributed by atoms with Crippen molar-refractivity contribution in [1.82, 2.24) is 14.3 Å². The van der Waals surface area contributed by atoms with Crippen molar-refractivity contribution >= 4 is 22.7 Å². The lowest BCUT2D eigenvalue weighted by atomic mass is 10.0. The highest BCUT2D eigenvalue weighted by molar-refractivity contribution is 5.79. The summed E-state index contributed by atoms with van der Waals surface area (Å²) in [4.78, 5) is 9.61. The van der Waals surface area contributed by atoms with E-state index in [0.29, 0.717) is 11.8 Å². The predicted octanol–water partition coefficient (Wildman–Crippen LogP) is 5.60. The van der Waals surface area contributed by atoms with E-state index in [9.17, 15) is 5.11 Å². The molecule has 6 heteroatoms. The SMILES string of the molecule is Cc1cc(-c2ccc(Nc3ccc(N4CCN(C(C)C)CC4)cc3)c3nccn23)cc(C)c1O. The molecule has 2 aromatic heterocycles. The number of nitrogens with zero attached hydrogens (tertiary/aromatic N) is 4. The third kappa shape index (κ3) is 4.21. The number of nitrogens with one attached hydrogen (secondary N) is 1. The zero-order valence-electron chi connectivity index (χ0n) is 20.4. The molecule has 2 aromatic carbocycles. The molecule has 34 heavy (non-hydrogen) atoms. The summed E-state index contributed by atoms with van der Waals surface area (Å²) in [5.41, 5.74) is 7.98. The number of anilines is 3. The van der Waals surface area contributed by atoms with E-state index in [4.69, 9.17) is 0 Å². The Hall–Kier alpha value is -3.51. The molecule has 1 saturated heterocycles. The Balaban J connectivity index is 1.36. The van der Waals surface area contributed by atoms with Crippen LogP contribution in [0, 0.1) is 13.8 Å². The van der Waals surface area contributed by atoms with Crippen LogP contribution >= 0.6 is 0 Å².